The molecule has 0 aliphatic carbocycles. The van der Waals surface area contributed by atoms with Gasteiger partial charge in [0.15, 0.2) is 6.04 Å². The van der Waals surface area contributed by atoms with Crippen molar-refractivity contribution in [3.05, 3.63) is 0 Å². The lowest BCUT2D eigenvalue weighted by atomic mass is 10.0. The Morgan fingerprint density at radius 1 is 0.867 bits per heavy atom. The highest BCUT2D eigenvalue weighted by Gasteiger charge is 2.30. The van der Waals surface area contributed by atoms with Crippen molar-refractivity contribution < 1.29 is 39.3 Å². The fraction of sp³-hybridized carbons (Fsp3) is 0.722. The van der Waals surface area contributed by atoms with Gasteiger partial charge in [0, 0.05) is 6.42 Å². The summed E-state index contributed by atoms with van der Waals surface area (Å²) in [5.74, 6) is -4.85. The van der Waals surface area contributed by atoms with Crippen LogP contribution in [0.4, 0.5) is 0 Å². The molecule has 12 heteroatoms. The van der Waals surface area contributed by atoms with Gasteiger partial charge >= 0.3 is 11.9 Å². The third-order valence-electron chi connectivity index (χ3n) is 4.14. The van der Waals surface area contributed by atoms with Crippen molar-refractivity contribution in [1.29, 1.82) is 0 Å². The summed E-state index contributed by atoms with van der Waals surface area (Å²) < 4.78 is 0. The van der Waals surface area contributed by atoms with E-state index >= 15 is 0 Å². The number of hydrogen-bond donors (Lipinski definition) is 7. The Hall–Kier alpha value is -2.73. The minimum absolute atomic E-state index is 0.122. The minimum Gasteiger partial charge on any atom is -0.481 e. The van der Waals surface area contributed by atoms with Crippen LogP contribution in [0.1, 0.15) is 47.0 Å². The van der Waals surface area contributed by atoms with Crippen LogP contribution in [0.3, 0.4) is 0 Å². The number of aliphatic carboxylic acids is 2. The van der Waals surface area contributed by atoms with E-state index in [9.17, 15) is 29.1 Å². The number of nitrogens with one attached hydrogen (secondary N) is 3. The first-order valence-electron chi connectivity index (χ1n) is 9.55. The maximum atomic E-state index is 12.5. The van der Waals surface area contributed by atoms with Crippen molar-refractivity contribution in [2.24, 2.45) is 11.7 Å². The van der Waals surface area contributed by atoms with Crippen molar-refractivity contribution in [3.8, 4) is 0 Å². The molecule has 5 atom stereocenters. The Labute approximate surface area is 174 Å². The van der Waals surface area contributed by atoms with Crippen molar-refractivity contribution in [2.75, 3.05) is 0 Å². The highest BCUT2D eigenvalue weighted by molar-refractivity contribution is 5.94. The van der Waals surface area contributed by atoms with Gasteiger partial charge in [0.1, 0.15) is 12.1 Å². The molecule has 0 saturated carbocycles. The summed E-state index contributed by atoms with van der Waals surface area (Å²) in [4.78, 5) is 58.8. The summed E-state index contributed by atoms with van der Waals surface area (Å²) in [5.41, 5.74) is 5.78. The molecule has 12 nitrogen and oxygen atoms in total. The number of nitrogens with two attached hydrogens (primary N) is 1. The number of hydrogen-bond acceptors (Lipinski definition) is 7. The zero-order valence-corrected chi connectivity index (χ0v) is 17.5. The Balaban J connectivity index is 5.13. The van der Waals surface area contributed by atoms with Gasteiger partial charge < -0.3 is 37.0 Å². The van der Waals surface area contributed by atoms with Gasteiger partial charge in [-0.3, -0.25) is 19.2 Å². The van der Waals surface area contributed by atoms with E-state index in [1.165, 1.54) is 13.8 Å². The topological polar surface area (TPSA) is 208 Å². The van der Waals surface area contributed by atoms with Crippen molar-refractivity contribution in [1.82, 2.24) is 16.0 Å². The Morgan fingerprint density at radius 2 is 1.43 bits per heavy atom. The second-order valence-electron chi connectivity index (χ2n) is 7.53. The molecular formula is C18H32N4O8. The highest BCUT2D eigenvalue weighted by atomic mass is 16.4. The number of amides is 3. The van der Waals surface area contributed by atoms with Crippen molar-refractivity contribution >= 4 is 29.7 Å². The van der Waals surface area contributed by atoms with Gasteiger partial charge in [-0.15, -0.1) is 0 Å². The lowest BCUT2D eigenvalue weighted by molar-refractivity contribution is -0.145. The first-order valence-corrected chi connectivity index (χ1v) is 9.55. The molecule has 0 rings (SSSR count). The SMILES string of the molecule is CC(C)CC(N)C(=O)NC(CCC(=O)O)C(=O)NC(C)C(=O)NC(C(=O)O)C(C)O. The first-order chi connectivity index (χ1) is 13.8. The summed E-state index contributed by atoms with van der Waals surface area (Å²) in [6.45, 7) is 6.17. The van der Waals surface area contributed by atoms with Crippen LogP contribution in [-0.2, 0) is 24.0 Å². The normalized spacial score (nSPS) is 16.0. The van der Waals surface area contributed by atoms with E-state index in [1.807, 2.05) is 13.8 Å². The van der Waals surface area contributed by atoms with Crippen LogP contribution in [0.5, 0.6) is 0 Å². The summed E-state index contributed by atoms with van der Waals surface area (Å²) in [6.07, 6.45) is -1.67. The third-order valence-corrected chi connectivity index (χ3v) is 4.14. The number of carbonyl (C=O) groups is 5. The highest BCUT2D eigenvalue weighted by Crippen LogP contribution is 2.05. The second-order valence-corrected chi connectivity index (χ2v) is 7.53. The number of carbonyl (C=O) groups excluding carboxylic acids is 3. The summed E-state index contributed by atoms with van der Waals surface area (Å²) >= 11 is 0. The zero-order valence-electron chi connectivity index (χ0n) is 17.5. The molecule has 0 bridgehead atoms. The van der Waals surface area contributed by atoms with Gasteiger partial charge in [0.2, 0.25) is 17.7 Å². The maximum Gasteiger partial charge on any atom is 0.328 e. The molecule has 0 saturated heterocycles. The number of rotatable bonds is 13. The predicted molar refractivity (Wildman–Crippen MR) is 105 cm³/mol. The van der Waals surface area contributed by atoms with E-state index in [4.69, 9.17) is 15.9 Å². The molecular weight excluding hydrogens is 400 g/mol. The summed E-state index contributed by atoms with van der Waals surface area (Å²) in [6, 6.07) is -4.94. The van der Waals surface area contributed by atoms with Gasteiger partial charge in [-0.1, -0.05) is 13.8 Å². The van der Waals surface area contributed by atoms with Crippen molar-refractivity contribution in [3.63, 3.8) is 0 Å². The van der Waals surface area contributed by atoms with Crippen LogP contribution >= 0.6 is 0 Å². The monoisotopic (exact) mass is 432 g/mol. The van der Waals surface area contributed by atoms with Crippen LogP contribution in [-0.4, -0.2) is 75.3 Å². The molecule has 3 amide bonds. The number of carboxylic acids is 2. The molecule has 172 valence electrons. The maximum absolute atomic E-state index is 12.5. The van der Waals surface area contributed by atoms with Crippen LogP contribution in [0.2, 0.25) is 0 Å². The molecule has 0 spiro atoms. The van der Waals surface area contributed by atoms with Crippen LogP contribution in [0.15, 0.2) is 0 Å². The van der Waals surface area contributed by atoms with Crippen LogP contribution in [0, 0.1) is 5.92 Å². The fourth-order valence-corrected chi connectivity index (χ4v) is 2.48. The van der Waals surface area contributed by atoms with Crippen molar-refractivity contribution in [2.45, 2.75) is 77.2 Å². The smallest absolute Gasteiger partial charge is 0.328 e. The standard InChI is InChI=1S/C18H32N4O8/c1-8(2)7-11(19)16(27)21-12(5-6-13(24)25)17(28)20-9(3)15(26)22-14(10(4)23)18(29)30/h8-12,14,23H,5-7,19H2,1-4H3,(H,20,28)(H,21,27)(H,22,26)(H,24,25)(H,29,30). The summed E-state index contributed by atoms with van der Waals surface area (Å²) in [7, 11) is 0. The molecule has 8 N–H and O–H groups in total. The molecule has 0 fully saturated rings. The molecule has 0 aromatic rings. The molecule has 30 heavy (non-hydrogen) atoms. The number of aliphatic hydroxyl groups excluding tert-OH is 1. The summed E-state index contributed by atoms with van der Waals surface area (Å²) in [5, 5.41) is 34.1. The average Bonchev–Trinajstić information content (AvgIpc) is 2.60. The molecule has 0 radical (unpaired) electrons. The van der Waals surface area contributed by atoms with E-state index in [2.05, 4.69) is 16.0 Å². The van der Waals surface area contributed by atoms with Gasteiger partial charge in [0.05, 0.1) is 12.1 Å². The zero-order chi connectivity index (χ0) is 23.6. The quantitative estimate of drug-likeness (QED) is 0.174. The second kappa shape index (κ2) is 12.8. The van der Waals surface area contributed by atoms with E-state index < -0.39 is 66.4 Å². The molecule has 0 aliphatic rings. The first kappa shape index (κ1) is 27.3. The van der Waals surface area contributed by atoms with Gasteiger partial charge in [0.25, 0.3) is 0 Å². The Morgan fingerprint density at radius 3 is 1.87 bits per heavy atom. The van der Waals surface area contributed by atoms with Gasteiger partial charge in [-0.05, 0) is 32.6 Å². The van der Waals surface area contributed by atoms with E-state index in [0.717, 1.165) is 0 Å². The Kier molecular flexibility index (Phi) is 11.6. The lowest BCUT2D eigenvalue weighted by Crippen LogP contribution is -2.57. The van der Waals surface area contributed by atoms with Crippen LogP contribution < -0.4 is 21.7 Å². The van der Waals surface area contributed by atoms with E-state index in [-0.39, 0.29) is 12.3 Å². The number of aliphatic hydroxyl groups is 1. The molecule has 0 aromatic carbocycles. The van der Waals surface area contributed by atoms with Gasteiger partial charge in [-0.2, -0.15) is 0 Å². The third kappa shape index (κ3) is 10.2. The van der Waals surface area contributed by atoms with E-state index in [0.29, 0.717) is 6.42 Å². The number of carboxylic acid groups (broad SMARTS) is 2. The average molecular weight is 432 g/mol. The fourth-order valence-electron chi connectivity index (χ4n) is 2.48. The van der Waals surface area contributed by atoms with Crippen LogP contribution in [0.25, 0.3) is 0 Å². The Bertz CT molecular complexity index is 638. The molecule has 5 unspecified atom stereocenters. The van der Waals surface area contributed by atoms with E-state index in [1.54, 1.807) is 0 Å². The lowest BCUT2D eigenvalue weighted by Gasteiger charge is -2.24. The predicted octanol–water partition coefficient (Wildman–Crippen LogP) is -1.84. The molecule has 0 heterocycles. The molecule has 0 aliphatic heterocycles. The molecule has 0 aromatic heterocycles. The largest absolute Gasteiger partial charge is 0.481 e. The van der Waals surface area contributed by atoms with Gasteiger partial charge in [-0.25, -0.2) is 4.79 Å². The minimum atomic E-state index is -1.58.